The quantitative estimate of drug-likeness (QED) is 0.297. The average Bonchev–Trinajstić information content (AvgIpc) is 2.87. The van der Waals surface area contributed by atoms with Gasteiger partial charge in [-0.25, -0.2) is 8.42 Å². The zero-order valence-electron chi connectivity index (χ0n) is 23.5. The third-order valence-corrected chi connectivity index (χ3v) is 8.99. The van der Waals surface area contributed by atoms with E-state index in [9.17, 15) is 18.0 Å². The lowest BCUT2D eigenvalue weighted by molar-refractivity contribution is -0.140. The number of hydrogen-bond acceptors (Lipinski definition) is 4. The third-order valence-electron chi connectivity index (χ3n) is 6.26. The molecule has 0 saturated carbocycles. The van der Waals surface area contributed by atoms with Crippen molar-refractivity contribution >= 4 is 55.1 Å². The molecule has 0 aliphatic rings. The highest BCUT2D eigenvalue weighted by atomic mass is 79.9. The lowest BCUT2D eigenvalue weighted by atomic mass is 10.1. The van der Waals surface area contributed by atoms with Crippen LogP contribution in [0, 0.1) is 13.8 Å². The number of amides is 2. The second kappa shape index (κ2) is 12.7. The summed E-state index contributed by atoms with van der Waals surface area (Å²) in [6, 6.07) is 17.8. The van der Waals surface area contributed by atoms with Crippen LogP contribution in [0.2, 0.25) is 5.02 Å². The van der Waals surface area contributed by atoms with Gasteiger partial charge in [0.15, 0.2) is 0 Å². The van der Waals surface area contributed by atoms with Gasteiger partial charge in [-0.1, -0.05) is 63.4 Å². The first-order chi connectivity index (χ1) is 18.6. The summed E-state index contributed by atoms with van der Waals surface area (Å²) in [5.41, 5.74) is 2.20. The third kappa shape index (κ3) is 8.08. The van der Waals surface area contributed by atoms with Crippen molar-refractivity contribution in [1.82, 2.24) is 10.2 Å². The van der Waals surface area contributed by atoms with Gasteiger partial charge < -0.3 is 10.2 Å². The number of nitrogens with zero attached hydrogens (tertiary/aromatic N) is 2. The summed E-state index contributed by atoms with van der Waals surface area (Å²) in [5, 5.41) is 3.29. The van der Waals surface area contributed by atoms with E-state index in [0.29, 0.717) is 5.02 Å². The van der Waals surface area contributed by atoms with Gasteiger partial charge in [-0.3, -0.25) is 13.9 Å². The van der Waals surface area contributed by atoms with Gasteiger partial charge in [0.05, 0.1) is 10.6 Å². The van der Waals surface area contributed by atoms with Crippen molar-refractivity contribution in [3.63, 3.8) is 0 Å². The Morgan fingerprint density at radius 3 is 2.12 bits per heavy atom. The van der Waals surface area contributed by atoms with Gasteiger partial charge in [-0.05, 0) is 89.1 Å². The highest BCUT2D eigenvalue weighted by Gasteiger charge is 2.33. The number of nitrogens with one attached hydrogen (secondary N) is 1. The van der Waals surface area contributed by atoms with Gasteiger partial charge >= 0.3 is 0 Å². The number of halogens is 2. The fraction of sp³-hybridized carbons (Fsp3) is 0.333. The van der Waals surface area contributed by atoms with E-state index in [0.717, 1.165) is 25.5 Å². The van der Waals surface area contributed by atoms with Crippen LogP contribution in [0.3, 0.4) is 0 Å². The number of benzene rings is 3. The number of hydrogen-bond donors (Lipinski definition) is 1. The maximum atomic E-state index is 14.0. The van der Waals surface area contributed by atoms with Crippen LogP contribution in [-0.4, -0.2) is 43.3 Å². The molecule has 1 unspecified atom stereocenters. The van der Waals surface area contributed by atoms with Crippen LogP contribution < -0.4 is 9.62 Å². The molecule has 7 nitrogen and oxygen atoms in total. The number of carbonyl (C=O) groups excluding carboxylic acids is 2. The van der Waals surface area contributed by atoms with E-state index in [1.165, 1.54) is 23.1 Å². The molecule has 0 radical (unpaired) electrons. The molecule has 3 aromatic carbocycles. The van der Waals surface area contributed by atoms with E-state index in [1.54, 1.807) is 31.2 Å². The molecule has 0 saturated heterocycles. The maximum absolute atomic E-state index is 14.0. The van der Waals surface area contributed by atoms with Gasteiger partial charge in [0.25, 0.3) is 10.0 Å². The molecular weight excluding hydrogens is 614 g/mol. The maximum Gasteiger partial charge on any atom is 0.264 e. The number of carbonyl (C=O) groups is 2. The zero-order valence-corrected chi connectivity index (χ0v) is 26.7. The average molecular weight is 649 g/mol. The summed E-state index contributed by atoms with van der Waals surface area (Å²) >= 11 is 9.79. The molecule has 3 aromatic rings. The monoisotopic (exact) mass is 647 g/mol. The van der Waals surface area contributed by atoms with Crippen LogP contribution >= 0.6 is 27.5 Å². The van der Waals surface area contributed by atoms with E-state index in [4.69, 9.17) is 11.6 Å². The van der Waals surface area contributed by atoms with E-state index in [2.05, 4.69) is 21.2 Å². The second-order valence-electron chi connectivity index (χ2n) is 10.8. The largest absolute Gasteiger partial charge is 0.350 e. The fourth-order valence-electron chi connectivity index (χ4n) is 3.95. The predicted octanol–water partition coefficient (Wildman–Crippen LogP) is 6.25. The minimum absolute atomic E-state index is 0.0422. The first-order valence-electron chi connectivity index (χ1n) is 12.8. The molecule has 0 aromatic heterocycles. The van der Waals surface area contributed by atoms with E-state index in [1.807, 2.05) is 58.9 Å². The molecule has 2 amide bonds. The minimum atomic E-state index is -4.16. The Morgan fingerprint density at radius 2 is 1.57 bits per heavy atom. The Hall–Kier alpha value is -2.88. The standard InChI is InChI=1S/C30H35BrClN3O4S/c1-20-7-15-26(16-8-20)40(38,39)35(25-14-9-21(2)27(32)17-25)19-28(36)34(18-23-10-12-24(31)13-11-23)22(3)29(37)33-30(4,5)6/h7-17,22H,18-19H2,1-6H3,(H,33,37). The lowest BCUT2D eigenvalue weighted by Crippen LogP contribution is -2.54. The van der Waals surface area contributed by atoms with Crippen molar-refractivity contribution in [3.05, 3.63) is 92.9 Å². The van der Waals surface area contributed by atoms with Gasteiger partial charge in [0.2, 0.25) is 11.8 Å². The topological polar surface area (TPSA) is 86.8 Å². The van der Waals surface area contributed by atoms with Crippen LogP contribution in [0.4, 0.5) is 5.69 Å². The summed E-state index contributed by atoms with van der Waals surface area (Å²) in [6.45, 7) is 10.5. The Balaban J connectivity index is 2.06. The Bertz CT molecular complexity index is 1470. The molecule has 214 valence electrons. The number of anilines is 1. The number of sulfonamides is 1. The zero-order chi connectivity index (χ0) is 29.8. The molecule has 0 spiro atoms. The van der Waals surface area contributed by atoms with Gasteiger partial charge in [0, 0.05) is 21.6 Å². The van der Waals surface area contributed by atoms with Crippen LogP contribution in [0.25, 0.3) is 0 Å². The molecule has 0 bridgehead atoms. The molecule has 0 aliphatic heterocycles. The Kier molecular flexibility index (Phi) is 10.1. The number of rotatable bonds is 9. The minimum Gasteiger partial charge on any atom is -0.350 e. The van der Waals surface area contributed by atoms with Gasteiger partial charge in [-0.15, -0.1) is 0 Å². The van der Waals surface area contributed by atoms with Gasteiger partial charge in [-0.2, -0.15) is 0 Å². The Morgan fingerprint density at radius 1 is 0.975 bits per heavy atom. The fourth-order valence-corrected chi connectivity index (χ4v) is 5.79. The summed E-state index contributed by atoms with van der Waals surface area (Å²) in [6.07, 6.45) is 0. The van der Waals surface area contributed by atoms with Crippen LogP contribution in [0.1, 0.15) is 44.4 Å². The van der Waals surface area contributed by atoms with Crippen LogP contribution in [0.5, 0.6) is 0 Å². The van der Waals surface area contributed by atoms with Crippen molar-refractivity contribution in [3.8, 4) is 0 Å². The first-order valence-corrected chi connectivity index (χ1v) is 15.4. The summed E-state index contributed by atoms with van der Waals surface area (Å²) < 4.78 is 29.8. The highest BCUT2D eigenvalue weighted by molar-refractivity contribution is 9.10. The molecule has 1 atom stereocenters. The van der Waals surface area contributed by atoms with E-state index >= 15 is 0 Å². The Labute approximate surface area is 250 Å². The lowest BCUT2D eigenvalue weighted by Gasteiger charge is -2.33. The van der Waals surface area contributed by atoms with Crippen molar-refractivity contribution in [2.45, 2.75) is 64.6 Å². The van der Waals surface area contributed by atoms with Crippen LogP contribution in [-0.2, 0) is 26.2 Å². The molecule has 0 heterocycles. The summed E-state index contributed by atoms with van der Waals surface area (Å²) in [4.78, 5) is 28.6. The summed E-state index contributed by atoms with van der Waals surface area (Å²) in [5.74, 6) is -0.879. The molecular formula is C30H35BrClN3O4S. The predicted molar refractivity (Wildman–Crippen MR) is 164 cm³/mol. The number of aryl methyl sites for hydroxylation is 2. The molecule has 3 rings (SSSR count). The van der Waals surface area contributed by atoms with Crippen molar-refractivity contribution < 1.29 is 18.0 Å². The van der Waals surface area contributed by atoms with E-state index in [-0.39, 0.29) is 23.0 Å². The highest BCUT2D eigenvalue weighted by Crippen LogP contribution is 2.29. The molecule has 10 heteroatoms. The molecule has 40 heavy (non-hydrogen) atoms. The van der Waals surface area contributed by atoms with Crippen molar-refractivity contribution in [2.24, 2.45) is 0 Å². The molecule has 0 aliphatic carbocycles. The smallest absolute Gasteiger partial charge is 0.264 e. The van der Waals surface area contributed by atoms with E-state index < -0.39 is 34.1 Å². The van der Waals surface area contributed by atoms with Crippen molar-refractivity contribution in [2.75, 3.05) is 10.8 Å². The van der Waals surface area contributed by atoms with Gasteiger partial charge in [0.1, 0.15) is 12.6 Å². The second-order valence-corrected chi connectivity index (χ2v) is 14.0. The summed E-state index contributed by atoms with van der Waals surface area (Å²) in [7, 11) is -4.16. The van der Waals surface area contributed by atoms with Crippen LogP contribution in [0.15, 0.2) is 76.1 Å². The SMILES string of the molecule is Cc1ccc(S(=O)(=O)N(CC(=O)N(Cc2ccc(Br)cc2)C(C)C(=O)NC(C)(C)C)c2ccc(C)c(Cl)c2)cc1. The van der Waals surface area contributed by atoms with Crippen molar-refractivity contribution in [1.29, 1.82) is 0 Å². The first kappa shape index (κ1) is 31.6. The molecule has 1 N–H and O–H groups in total. The molecule has 0 fully saturated rings. The normalized spacial score (nSPS) is 12.5.